The molecule has 21 heavy (non-hydrogen) atoms. The van der Waals surface area contributed by atoms with Crippen molar-refractivity contribution in [2.45, 2.75) is 31.8 Å². The van der Waals surface area contributed by atoms with Crippen molar-refractivity contribution in [3.05, 3.63) is 33.6 Å². The fourth-order valence-corrected chi connectivity index (χ4v) is 3.59. The van der Waals surface area contributed by atoms with Crippen LogP contribution in [-0.4, -0.2) is 14.5 Å². The SMILES string of the molecule is CC(N)c1nc(-c2nc3cccc(Cl)c3n2C2CC2)cs1. The highest BCUT2D eigenvalue weighted by Crippen LogP contribution is 2.43. The number of hydrogen-bond donors (Lipinski definition) is 1. The number of rotatable bonds is 3. The van der Waals surface area contributed by atoms with E-state index in [9.17, 15) is 0 Å². The Morgan fingerprint density at radius 3 is 2.86 bits per heavy atom. The zero-order chi connectivity index (χ0) is 14.6. The standard InChI is InChI=1S/C15H15ClN4S/c1-8(17)15-19-12(7-21-15)14-18-11-4-2-3-10(16)13(11)20(14)9-5-6-9/h2-4,7-9H,5-6,17H2,1H3. The summed E-state index contributed by atoms with van der Waals surface area (Å²) in [4.78, 5) is 9.40. The Labute approximate surface area is 131 Å². The Morgan fingerprint density at radius 2 is 2.19 bits per heavy atom. The van der Waals surface area contributed by atoms with E-state index >= 15 is 0 Å². The van der Waals surface area contributed by atoms with Gasteiger partial charge in [0.25, 0.3) is 0 Å². The number of halogens is 1. The maximum absolute atomic E-state index is 6.39. The van der Waals surface area contributed by atoms with Gasteiger partial charge in [-0.3, -0.25) is 0 Å². The number of hydrogen-bond acceptors (Lipinski definition) is 4. The lowest BCUT2D eigenvalue weighted by molar-refractivity contribution is 0.768. The number of fused-ring (bicyclic) bond motifs is 1. The maximum atomic E-state index is 6.39. The Hall–Kier alpha value is -1.43. The summed E-state index contributed by atoms with van der Waals surface area (Å²) in [5.74, 6) is 0.906. The number of benzene rings is 1. The van der Waals surface area contributed by atoms with Crippen molar-refractivity contribution in [1.29, 1.82) is 0 Å². The first-order chi connectivity index (χ1) is 10.1. The molecule has 4 nitrogen and oxygen atoms in total. The van der Waals surface area contributed by atoms with Gasteiger partial charge < -0.3 is 10.3 Å². The fraction of sp³-hybridized carbons (Fsp3) is 0.333. The molecule has 0 aliphatic heterocycles. The molecular weight excluding hydrogens is 304 g/mol. The molecule has 1 aliphatic rings. The van der Waals surface area contributed by atoms with Crippen LogP contribution in [0.25, 0.3) is 22.6 Å². The smallest absolute Gasteiger partial charge is 0.160 e. The molecule has 2 N–H and O–H groups in total. The van der Waals surface area contributed by atoms with Gasteiger partial charge in [0.1, 0.15) is 10.7 Å². The summed E-state index contributed by atoms with van der Waals surface area (Å²) < 4.78 is 2.25. The van der Waals surface area contributed by atoms with Crippen LogP contribution in [0.2, 0.25) is 5.02 Å². The highest BCUT2D eigenvalue weighted by atomic mass is 35.5. The number of thiazole rings is 1. The third-order valence-corrected chi connectivity index (χ3v) is 5.06. The molecule has 3 aromatic rings. The average Bonchev–Trinajstić information content (AvgIpc) is 3.03. The van der Waals surface area contributed by atoms with E-state index in [1.807, 2.05) is 30.5 Å². The van der Waals surface area contributed by atoms with Crippen LogP contribution in [0.15, 0.2) is 23.6 Å². The topological polar surface area (TPSA) is 56.7 Å². The van der Waals surface area contributed by atoms with Crippen molar-refractivity contribution in [3.8, 4) is 11.5 Å². The molecule has 0 spiro atoms. The van der Waals surface area contributed by atoms with Crippen LogP contribution in [0.5, 0.6) is 0 Å². The second kappa shape index (κ2) is 4.80. The van der Waals surface area contributed by atoms with Gasteiger partial charge in [-0.05, 0) is 31.9 Å². The molecule has 2 heterocycles. The van der Waals surface area contributed by atoms with Gasteiger partial charge in [-0.2, -0.15) is 0 Å². The monoisotopic (exact) mass is 318 g/mol. The number of para-hydroxylation sites is 1. The lowest BCUT2D eigenvalue weighted by Gasteiger charge is -2.06. The number of nitrogens with zero attached hydrogens (tertiary/aromatic N) is 3. The fourth-order valence-electron chi connectivity index (χ4n) is 2.57. The Balaban J connectivity index is 1.95. The largest absolute Gasteiger partial charge is 0.322 e. The Bertz CT molecular complexity index is 816. The zero-order valence-electron chi connectivity index (χ0n) is 11.6. The molecule has 1 aromatic carbocycles. The molecule has 108 valence electrons. The summed E-state index contributed by atoms with van der Waals surface area (Å²) in [5.41, 5.74) is 8.76. The number of nitrogens with two attached hydrogens (primary N) is 1. The summed E-state index contributed by atoms with van der Waals surface area (Å²) in [6.07, 6.45) is 2.35. The molecule has 1 atom stereocenters. The third kappa shape index (κ3) is 2.16. The van der Waals surface area contributed by atoms with Gasteiger partial charge in [0.2, 0.25) is 0 Å². The van der Waals surface area contributed by atoms with Crippen molar-refractivity contribution >= 4 is 34.0 Å². The number of aromatic nitrogens is 3. The molecule has 4 rings (SSSR count). The second-order valence-corrected chi connectivity index (χ2v) is 6.80. The van der Waals surface area contributed by atoms with Gasteiger partial charge in [0, 0.05) is 11.4 Å². The first-order valence-corrected chi connectivity index (χ1v) is 8.28. The first-order valence-electron chi connectivity index (χ1n) is 7.03. The zero-order valence-corrected chi connectivity index (χ0v) is 13.2. The van der Waals surface area contributed by atoms with Gasteiger partial charge in [0.15, 0.2) is 5.82 Å². The van der Waals surface area contributed by atoms with E-state index in [-0.39, 0.29) is 6.04 Å². The minimum Gasteiger partial charge on any atom is -0.322 e. The molecule has 0 radical (unpaired) electrons. The molecule has 1 aliphatic carbocycles. The van der Waals surface area contributed by atoms with Gasteiger partial charge in [-0.15, -0.1) is 11.3 Å². The van der Waals surface area contributed by atoms with Crippen LogP contribution in [0.1, 0.15) is 36.9 Å². The molecule has 1 fully saturated rings. The molecule has 0 saturated heterocycles. The lowest BCUT2D eigenvalue weighted by atomic mass is 10.3. The van der Waals surface area contributed by atoms with E-state index in [0.717, 1.165) is 32.6 Å². The molecular formula is C15H15ClN4S. The van der Waals surface area contributed by atoms with Crippen molar-refractivity contribution in [2.75, 3.05) is 0 Å². The summed E-state index contributed by atoms with van der Waals surface area (Å²) in [7, 11) is 0. The molecule has 1 saturated carbocycles. The van der Waals surface area contributed by atoms with Crippen LogP contribution in [0.4, 0.5) is 0 Å². The van der Waals surface area contributed by atoms with Crippen LogP contribution in [-0.2, 0) is 0 Å². The quantitative estimate of drug-likeness (QED) is 0.788. The molecule has 1 unspecified atom stereocenters. The predicted molar refractivity (Wildman–Crippen MR) is 86.7 cm³/mol. The average molecular weight is 319 g/mol. The van der Waals surface area contributed by atoms with Crippen molar-refractivity contribution in [1.82, 2.24) is 14.5 Å². The maximum Gasteiger partial charge on any atom is 0.160 e. The third-order valence-electron chi connectivity index (χ3n) is 3.71. The predicted octanol–water partition coefficient (Wildman–Crippen LogP) is 4.17. The normalized spacial score (nSPS) is 16.5. The molecule has 2 aromatic heterocycles. The summed E-state index contributed by atoms with van der Waals surface area (Å²) in [6.45, 7) is 1.95. The van der Waals surface area contributed by atoms with Crippen molar-refractivity contribution in [2.24, 2.45) is 5.73 Å². The van der Waals surface area contributed by atoms with Crippen LogP contribution in [0.3, 0.4) is 0 Å². The van der Waals surface area contributed by atoms with E-state index in [0.29, 0.717) is 6.04 Å². The Morgan fingerprint density at radius 1 is 1.38 bits per heavy atom. The van der Waals surface area contributed by atoms with Crippen LogP contribution in [0, 0.1) is 0 Å². The van der Waals surface area contributed by atoms with E-state index in [2.05, 4.69) is 9.55 Å². The highest BCUT2D eigenvalue weighted by Gasteiger charge is 2.30. The van der Waals surface area contributed by atoms with E-state index in [4.69, 9.17) is 22.3 Å². The van der Waals surface area contributed by atoms with E-state index in [1.54, 1.807) is 11.3 Å². The highest BCUT2D eigenvalue weighted by molar-refractivity contribution is 7.10. The van der Waals surface area contributed by atoms with Crippen LogP contribution >= 0.6 is 22.9 Å². The lowest BCUT2D eigenvalue weighted by Crippen LogP contribution is -2.04. The van der Waals surface area contributed by atoms with Gasteiger partial charge in [-0.1, -0.05) is 17.7 Å². The Kier molecular flexibility index (Phi) is 3.03. The van der Waals surface area contributed by atoms with Crippen molar-refractivity contribution < 1.29 is 0 Å². The van der Waals surface area contributed by atoms with Gasteiger partial charge in [-0.25, -0.2) is 9.97 Å². The molecule has 0 amide bonds. The minimum atomic E-state index is -0.0499. The summed E-state index contributed by atoms with van der Waals surface area (Å²) in [5, 5.41) is 3.72. The number of imidazole rings is 1. The first kappa shape index (κ1) is 13.2. The van der Waals surface area contributed by atoms with Gasteiger partial charge in [0.05, 0.1) is 22.1 Å². The molecule has 6 heteroatoms. The van der Waals surface area contributed by atoms with Gasteiger partial charge >= 0.3 is 0 Å². The van der Waals surface area contributed by atoms with E-state index in [1.165, 1.54) is 12.8 Å². The minimum absolute atomic E-state index is 0.0499. The molecule has 0 bridgehead atoms. The summed E-state index contributed by atoms with van der Waals surface area (Å²) >= 11 is 7.98. The van der Waals surface area contributed by atoms with Crippen LogP contribution < -0.4 is 5.73 Å². The second-order valence-electron chi connectivity index (χ2n) is 5.50. The summed E-state index contributed by atoms with van der Waals surface area (Å²) in [6, 6.07) is 6.30. The van der Waals surface area contributed by atoms with Crippen molar-refractivity contribution in [3.63, 3.8) is 0 Å². The van der Waals surface area contributed by atoms with E-state index < -0.39 is 0 Å².